The Hall–Kier alpha value is -1.56. The molecule has 0 atom stereocenters. The first-order valence-electron chi connectivity index (χ1n) is 4.97. The van der Waals surface area contributed by atoms with Gasteiger partial charge in [-0.05, 0) is 12.8 Å². The normalized spacial score (nSPS) is 26.3. The molecule has 1 rings (SSSR count). The van der Waals surface area contributed by atoms with Crippen molar-refractivity contribution < 1.29 is 0 Å². The molecule has 0 aromatic heterocycles. The molecule has 0 bridgehead atoms. The third kappa shape index (κ3) is 6.01. The van der Waals surface area contributed by atoms with Crippen molar-refractivity contribution in [2.24, 2.45) is 0 Å². The second-order valence-corrected chi connectivity index (χ2v) is 2.95. The SMILES string of the molecule is C1=C/C=C/C=C/C/C=C/C/C=C/C=C1. The summed E-state index contributed by atoms with van der Waals surface area (Å²) in [4.78, 5) is 0. The van der Waals surface area contributed by atoms with Crippen molar-refractivity contribution >= 4 is 0 Å². The Balaban J connectivity index is 2.56. The Labute approximate surface area is 86.3 Å². The third-order valence-corrected chi connectivity index (χ3v) is 1.76. The Morgan fingerprint density at radius 2 is 0.714 bits per heavy atom. The molecule has 0 heteroatoms. The molecule has 14 heavy (non-hydrogen) atoms. The van der Waals surface area contributed by atoms with Gasteiger partial charge in [-0.1, -0.05) is 72.9 Å². The predicted octanol–water partition coefficient (Wildman–Crippen LogP) is 4.12. The largest absolute Gasteiger partial charge is 0.0844 e. The smallest absolute Gasteiger partial charge is 0.0166 e. The van der Waals surface area contributed by atoms with Gasteiger partial charge in [0.05, 0.1) is 0 Å². The molecule has 1 aliphatic rings. The van der Waals surface area contributed by atoms with Crippen LogP contribution in [0.4, 0.5) is 0 Å². The first kappa shape index (κ1) is 10.5. The van der Waals surface area contributed by atoms with Gasteiger partial charge in [0.15, 0.2) is 0 Å². The highest BCUT2D eigenvalue weighted by atomic mass is 13.8. The maximum atomic E-state index is 2.18. The van der Waals surface area contributed by atoms with Crippen LogP contribution in [-0.2, 0) is 0 Å². The highest BCUT2D eigenvalue weighted by Gasteiger charge is 1.72. The summed E-state index contributed by atoms with van der Waals surface area (Å²) in [5.74, 6) is 0. The van der Waals surface area contributed by atoms with Gasteiger partial charge >= 0.3 is 0 Å². The third-order valence-electron chi connectivity index (χ3n) is 1.76. The van der Waals surface area contributed by atoms with E-state index < -0.39 is 0 Å². The van der Waals surface area contributed by atoms with Crippen LogP contribution < -0.4 is 0 Å². The fraction of sp³-hybridized carbons (Fsp3) is 0.143. The second-order valence-electron chi connectivity index (χ2n) is 2.95. The first-order valence-corrected chi connectivity index (χ1v) is 4.97. The van der Waals surface area contributed by atoms with Crippen LogP contribution in [0.3, 0.4) is 0 Å². The lowest BCUT2D eigenvalue weighted by atomic mass is 10.2. The maximum Gasteiger partial charge on any atom is -0.0166 e. The molecule has 0 aromatic carbocycles. The number of hydrogen-bond acceptors (Lipinski definition) is 0. The van der Waals surface area contributed by atoms with Gasteiger partial charge in [-0.2, -0.15) is 0 Å². The monoisotopic (exact) mass is 184 g/mol. The first-order chi connectivity index (χ1) is 7.00. The van der Waals surface area contributed by atoms with E-state index >= 15 is 0 Å². The summed E-state index contributed by atoms with van der Waals surface area (Å²) in [6, 6.07) is 0. The van der Waals surface area contributed by atoms with Crippen molar-refractivity contribution in [2.45, 2.75) is 12.8 Å². The van der Waals surface area contributed by atoms with E-state index in [2.05, 4.69) is 36.5 Å². The van der Waals surface area contributed by atoms with Gasteiger partial charge in [0.25, 0.3) is 0 Å². The van der Waals surface area contributed by atoms with Gasteiger partial charge in [-0.15, -0.1) is 0 Å². The van der Waals surface area contributed by atoms with E-state index in [0.29, 0.717) is 0 Å². The molecule has 0 unspecified atom stereocenters. The summed E-state index contributed by atoms with van der Waals surface area (Å²) in [5, 5.41) is 0. The lowest BCUT2D eigenvalue weighted by molar-refractivity contribution is 1.31. The molecular weight excluding hydrogens is 168 g/mol. The van der Waals surface area contributed by atoms with E-state index in [1.807, 2.05) is 36.5 Å². The highest BCUT2D eigenvalue weighted by molar-refractivity contribution is 5.18. The van der Waals surface area contributed by atoms with Crippen LogP contribution in [0.5, 0.6) is 0 Å². The minimum Gasteiger partial charge on any atom is -0.0844 e. The molecule has 0 N–H and O–H groups in total. The molecule has 0 amide bonds. The quantitative estimate of drug-likeness (QED) is 0.497. The molecule has 72 valence electrons. The van der Waals surface area contributed by atoms with Gasteiger partial charge < -0.3 is 0 Å². The molecule has 0 heterocycles. The summed E-state index contributed by atoms with van der Waals surface area (Å²) in [6.45, 7) is 0. The van der Waals surface area contributed by atoms with Crippen LogP contribution in [0.2, 0.25) is 0 Å². The average Bonchev–Trinajstić information content (AvgIpc) is 2.22. The Morgan fingerprint density at radius 1 is 0.357 bits per heavy atom. The Morgan fingerprint density at radius 3 is 1.14 bits per heavy atom. The van der Waals surface area contributed by atoms with E-state index in [-0.39, 0.29) is 0 Å². The van der Waals surface area contributed by atoms with Gasteiger partial charge in [0.2, 0.25) is 0 Å². The minimum atomic E-state index is 1.01. The fourth-order valence-electron chi connectivity index (χ4n) is 1.05. The number of allylic oxidation sites excluding steroid dienone is 12. The van der Waals surface area contributed by atoms with Crippen molar-refractivity contribution in [3.8, 4) is 0 Å². The predicted molar refractivity (Wildman–Crippen MR) is 64.1 cm³/mol. The highest BCUT2D eigenvalue weighted by Crippen LogP contribution is 1.93. The Kier molecular flexibility index (Phi) is 6.05. The molecule has 0 saturated carbocycles. The summed E-state index contributed by atoms with van der Waals surface area (Å²) in [6.07, 6.45) is 27.0. The van der Waals surface area contributed by atoms with Gasteiger partial charge in [0.1, 0.15) is 0 Å². The summed E-state index contributed by atoms with van der Waals surface area (Å²) >= 11 is 0. The van der Waals surface area contributed by atoms with Crippen molar-refractivity contribution in [3.05, 3.63) is 72.9 Å². The standard InChI is InChI=1S/C14H16/c1-2-4-6-8-10-12-14-13-11-9-7-5-3-1/h1-10,13-14H,11-12H2/b2-1?,5-3+,6-4?,9-7+,10-8+,14-13+. The molecule has 1 aliphatic carbocycles. The lowest BCUT2D eigenvalue weighted by Crippen LogP contribution is -1.61. The summed E-state index contributed by atoms with van der Waals surface area (Å²) < 4.78 is 0. The number of hydrogen-bond donors (Lipinski definition) is 0. The summed E-state index contributed by atoms with van der Waals surface area (Å²) in [7, 11) is 0. The van der Waals surface area contributed by atoms with Gasteiger partial charge in [0, 0.05) is 0 Å². The van der Waals surface area contributed by atoms with Crippen molar-refractivity contribution in [3.63, 3.8) is 0 Å². The average molecular weight is 184 g/mol. The van der Waals surface area contributed by atoms with Crippen molar-refractivity contribution in [2.75, 3.05) is 0 Å². The van der Waals surface area contributed by atoms with E-state index in [1.165, 1.54) is 0 Å². The van der Waals surface area contributed by atoms with Crippen molar-refractivity contribution in [1.29, 1.82) is 0 Å². The van der Waals surface area contributed by atoms with Crippen LogP contribution in [0.25, 0.3) is 0 Å². The summed E-state index contributed by atoms with van der Waals surface area (Å²) in [5.41, 5.74) is 0. The van der Waals surface area contributed by atoms with Crippen LogP contribution in [0.15, 0.2) is 72.9 Å². The minimum absolute atomic E-state index is 1.01. The van der Waals surface area contributed by atoms with Gasteiger partial charge in [-0.3, -0.25) is 0 Å². The Bertz CT molecular complexity index is 266. The fourth-order valence-corrected chi connectivity index (χ4v) is 1.05. The number of rotatable bonds is 0. The topological polar surface area (TPSA) is 0 Å². The van der Waals surface area contributed by atoms with E-state index in [9.17, 15) is 0 Å². The second kappa shape index (κ2) is 8.06. The molecule has 0 radical (unpaired) electrons. The van der Waals surface area contributed by atoms with Crippen LogP contribution in [0, 0.1) is 0 Å². The van der Waals surface area contributed by atoms with Crippen molar-refractivity contribution in [1.82, 2.24) is 0 Å². The van der Waals surface area contributed by atoms with Gasteiger partial charge in [-0.25, -0.2) is 0 Å². The van der Waals surface area contributed by atoms with Crippen LogP contribution in [0.1, 0.15) is 12.8 Å². The zero-order valence-electron chi connectivity index (χ0n) is 8.34. The van der Waals surface area contributed by atoms with Crippen LogP contribution in [-0.4, -0.2) is 0 Å². The van der Waals surface area contributed by atoms with E-state index in [1.54, 1.807) is 0 Å². The van der Waals surface area contributed by atoms with E-state index in [0.717, 1.165) is 12.8 Å². The molecule has 0 saturated heterocycles. The molecule has 0 nitrogen and oxygen atoms in total. The molecule has 0 fully saturated rings. The lowest BCUT2D eigenvalue weighted by Gasteiger charge is -1.83. The van der Waals surface area contributed by atoms with Crippen LogP contribution >= 0.6 is 0 Å². The zero-order valence-corrected chi connectivity index (χ0v) is 8.34. The van der Waals surface area contributed by atoms with E-state index in [4.69, 9.17) is 0 Å². The zero-order chi connectivity index (χ0) is 9.90. The molecule has 0 aromatic rings. The molecular formula is C14H16. The molecule has 0 spiro atoms. The molecule has 0 aliphatic heterocycles. The maximum absolute atomic E-state index is 2.18.